The number of hydrogen-bond donors (Lipinski definition) is 1. The molecule has 0 radical (unpaired) electrons. The molecule has 0 aliphatic heterocycles. The molecule has 0 unspecified atom stereocenters. The Hall–Kier alpha value is -2.84. The number of pyridine rings is 1. The van der Waals surface area contributed by atoms with Crippen molar-refractivity contribution in [2.45, 2.75) is 18.7 Å². The van der Waals surface area contributed by atoms with Crippen LogP contribution < -0.4 is 9.99 Å². The highest BCUT2D eigenvalue weighted by Gasteiger charge is 2.06. The molecule has 26 heavy (non-hydrogen) atoms. The molecule has 0 aliphatic rings. The zero-order valence-electron chi connectivity index (χ0n) is 14.8. The molecule has 1 aromatic carbocycles. The standard InChI is InChI=1S/C11H13N3O.C7H8O3S/c1-3-4-7-12-13-11(15)10-6-5-8-14(2)9-10;1-6-2-4-7(5-3-6)11(8,9)10/h3-9H,1-2H3;2-5H,1H3,(H,8,9,10)/b4-3+,12-7+;. The number of benzene rings is 1. The molecule has 7 nitrogen and oxygen atoms in total. The average molecular weight is 375 g/mol. The third-order valence-electron chi connectivity index (χ3n) is 3.03. The van der Waals surface area contributed by atoms with Crippen LogP contribution in [-0.2, 0) is 17.2 Å². The summed E-state index contributed by atoms with van der Waals surface area (Å²) in [6, 6.07) is 9.33. The lowest BCUT2D eigenvalue weighted by Gasteiger charge is -2.05. The van der Waals surface area contributed by atoms with Crippen LogP contribution in [0.4, 0.5) is 0 Å². The minimum atomic E-state index is -4.27. The van der Waals surface area contributed by atoms with E-state index < -0.39 is 10.1 Å². The van der Waals surface area contributed by atoms with E-state index in [0.29, 0.717) is 5.56 Å². The van der Waals surface area contributed by atoms with Gasteiger partial charge in [0.2, 0.25) is 0 Å². The van der Waals surface area contributed by atoms with Crippen molar-refractivity contribution < 1.29 is 22.3 Å². The Balaban J connectivity index is 0.000000273. The van der Waals surface area contributed by atoms with E-state index in [2.05, 4.69) is 10.5 Å². The van der Waals surface area contributed by atoms with Crippen LogP contribution in [0.5, 0.6) is 0 Å². The summed E-state index contributed by atoms with van der Waals surface area (Å²) in [5.74, 6) is -0.216. The SMILES string of the molecule is C/C=C/C=N/NC(=O)c1ccc[n+](C)c1.Cc1ccc(S(=O)(=O)[O-])cc1. The predicted molar refractivity (Wildman–Crippen MR) is 97.5 cm³/mol. The van der Waals surface area contributed by atoms with Gasteiger partial charge in [0.15, 0.2) is 12.4 Å². The molecule has 0 saturated heterocycles. The van der Waals surface area contributed by atoms with Gasteiger partial charge >= 0.3 is 0 Å². The number of nitrogens with one attached hydrogen (secondary N) is 1. The second kappa shape index (κ2) is 10.2. The molecule has 0 saturated carbocycles. The van der Waals surface area contributed by atoms with E-state index in [1.165, 1.54) is 18.3 Å². The Morgan fingerprint density at radius 1 is 1.23 bits per heavy atom. The Bertz CT molecular complexity index is 889. The minimum absolute atomic E-state index is 0.178. The second-order valence-corrected chi connectivity index (χ2v) is 6.65. The normalized spacial score (nSPS) is 11.2. The zero-order chi connectivity index (χ0) is 19.6. The van der Waals surface area contributed by atoms with Crippen LogP contribution in [0.15, 0.2) is 70.9 Å². The predicted octanol–water partition coefficient (Wildman–Crippen LogP) is 1.70. The molecule has 0 bridgehead atoms. The number of nitrogens with zero attached hydrogens (tertiary/aromatic N) is 2. The van der Waals surface area contributed by atoms with Crippen LogP contribution in [0.2, 0.25) is 0 Å². The Morgan fingerprint density at radius 3 is 2.42 bits per heavy atom. The number of amides is 1. The van der Waals surface area contributed by atoms with Gasteiger partial charge in [0, 0.05) is 12.3 Å². The van der Waals surface area contributed by atoms with Crippen LogP contribution in [0.3, 0.4) is 0 Å². The van der Waals surface area contributed by atoms with Gasteiger partial charge in [-0.3, -0.25) is 4.79 Å². The molecular weight excluding hydrogens is 354 g/mol. The fraction of sp³-hybridized carbons (Fsp3) is 0.167. The fourth-order valence-electron chi connectivity index (χ4n) is 1.72. The minimum Gasteiger partial charge on any atom is -0.744 e. The fourth-order valence-corrected chi connectivity index (χ4v) is 2.19. The summed E-state index contributed by atoms with van der Waals surface area (Å²) in [4.78, 5) is 11.3. The van der Waals surface area contributed by atoms with Gasteiger partial charge < -0.3 is 4.55 Å². The molecule has 2 rings (SSSR count). The van der Waals surface area contributed by atoms with Crippen molar-refractivity contribution in [1.82, 2.24) is 5.43 Å². The summed E-state index contributed by atoms with van der Waals surface area (Å²) in [6.45, 7) is 3.70. The molecule has 2 aromatic rings. The van der Waals surface area contributed by atoms with Crippen LogP contribution in [0, 0.1) is 6.92 Å². The van der Waals surface area contributed by atoms with Crippen molar-refractivity contribution in [3.05, 3.63) is 72.1 Å². The highest BCUT2D eigenvalue weighted by molar-refractivity contribution is 7.85. The molecule has 8 heteroatoms. The Kier molecular flexibility index (Phi) is 8.33. The van der Waals surface area contributed by atoms with Gasteiger partial charge in [-0.15, -0.1) is 0 Å². The molecule has 1 amide bonds. The summed E-state index contributed by atoms with van der Waals surface area (Å²) >= 11 is 0. The van der Waals surface area contributed by atoms with Gasteiger partial charge in [-0.25, -0.2) is 18.4 Å². The topological polar surface area (TPSA) is 103 Å². The van der Waals surface area contributed by atoms with Gasteiger partial charge in [-0.05, 0) is 38.1 Å². The van der Waals surface area contributed by atoms with E-state index >= 15 is 0 Å². The zero-order valence-corrected chi connectivity index (χ0v) is 15.6. The lowest BCUT2D eigenvalue weighted by Crippen LogP contribution is -2.29. The van der Waals surface area contributed by atoms with E-state index in [-0.39, 0.29) is 10.8 Å². The molecule has 1 aromatic heterocycles. The third-order valence-corrected chi connectivity index (χ3v) is 3.88. The Labute approximate surface area is 153 Å². The van der Waals surface area contributed by atoms with Crippen molar-refractivity contribution in [2.24, 2.45) is 12.1 Å². The van der Waals surface area contributed by atoms with Gasteiger partial charge in [0.1, 0.15) is 22.7 Å². The van der Waals surface area contributed by atoms with Crippen LogP contribution >= 0.6 is 0 Å². The van der Waals surface area contributed by atoms with Crippen LogP contribution in [0.25, 0.3) is 0 Å². The summed E-state index contributed by atoms with van der Waals surface area (Å²) in [5.41, 5.74) is 3.94. The molecule has 0 fully saturated rings. The summed E-state index contributed by atoms with van der Waals surface area (Å²) in [6.07, 6.45) is 8.70. The number of hydrazone groups is 1. The van der Waals surface area contributed by atoms with E-state index in [9.17, 15) is 17.8 Å². The maximum absolute atomic E-state index is 11.5. The van der Waals surface area contributed by atoms with E-state index in [1.54, 1.807) is 30.5 Å². The van der Waals surface area contributed by atoms with Gasteiger partial charge in [-0.1, -0.05) is 23.8 Å². The first-order chi connectivity index (χ1) is 12.2. The average Bonchev–Trinajstić information content (AvgIpc) is 2.59. The van der Waals surface area contributed by atoms with E-state index in [4.69, 9.17) is 0 Å². The lowest BCUT2D eigenvalue weighted by molar-refractivity contribution is -0.671. The molecule has 1 heterocycles. The van der Waals surface area contributed by atoms with Crippen LogP contribution in [-0.4, -0.2) is 25.1 Å². The van der Waals surface area contributed by atoms with E-state index in [1.807, 2.05) is 43.8 Å². The Morgan fingerprint density at radius 2 is 1.88 bits per heavy atom. The van der Waals surface area contributed by atoms with Crippen molar-refractivity contribution in [1.29, 1.82) is 0 Å². The molecule has 1 N–H and O–H groups in total. The van der Waals surface area contributed by atoms with Crippen molar-refractivity contribution >= 4 is 22.2 Å². The molecule has 0 atom stereocenters. The molecule has 138 valence electrons. The van der Waals surface area contributed by atoms with Gasteiger partial charge in [0.05, 0.1) is 4.90 Å². The van der Waals surface area contributed by atoms with Gasteiger partial charge in [-0.2, -0.15) is 5.10 Å². The van der Waals surface area contributed by atoms with Gasteiger partial charge in [0.25, 0.3) is 5.91 Å². The third kappa shape index (κ3) is 7.82. The molecule has 0 spiro atoms. The highest BCUT2D eigenvalue weighted by Crippen LogP contribution is 2.08. The first-order valence-corrected chi connectivity index (χ1v) is 9.07. The summed E-state index contributed by atoms with van der Waals surface area (Å²) in [7, 11) is -2.41. The second-order valence-electron chi connectivity index (χ2n) is 5.27. The maximum Gasteiger partial charge on any atom is 0.277 e. The monoisotopic (exact) mass is 375 g/mol. The van der Waals surface area contributed by atoms with E-state index in [0.717, 1.165) is 5.56 Å². The maximum atomic E-state index is 11.5. The van der Waals surface area contributed by atoms with Crippen molar-refractivity contribution in [3.63, 3.8) is 0 Å². The quantitative estimate of drug-likeness (QED) is 0.380. The van der Waals surface area contributed by atoms with Crippen molar-refractivity contribution in [3.8, 4) is 0 Å². The first-order valence-electron chi connectivity index (χ1n) is 7.66. The molecular formula is C18H21N3O4S. The van der Waals surface area contributed by atoms with Crippen molar-refractivity contribution in [2.75, 3.05) is 0 Å². The summed E-state index contributed by atoms with van der Waals surface area (Å²) < 4.78 is 33.0. The number of aromatic nitrogens is 1. The summed E-state index contributed by atoms with van der Waals surface area (Å²) in [5, 5.41) is 3.75. The number of carbonyl (C=O) groups is 1. The number of allylic oxidation sites excluding steroid dienone is 2. The highest BCUT2D eigenvalue weighted by atomic mass is 32.2. The lowest BCUT2D eigenvalue weighted by atomic mass is 10.2. The molecule has 0 aliphatic carbocycles. The van der Waals surface area contributed by atoms with Crippen LogP contribution in [0.1, 0.15) is 22.8 Å². The largest absolute Gasteiger partial charge is 0.744 e. The number of hydrogen-bond acceptors (Lipinski definition) is 5. The smallest absolute Gasteiger partial charge is 0.277 e. The number of carbonyl (C=O) groups excluding carboxylic acids is 1. The number of rotatable bonds is 4. The first kappa shape index (κ1) is 21.2. The number of aryl methyl sites for hydroxylation is 2.